The summed E-state index contributed by atoms with van der Waals surface area (Å²) in [7, 11) is 1.28. The van der Waals surface area contributed by atoms with E-state index in [1.807, 2.05) is 0 Å². The van der Waals surface area contributed by atoms with Gasteiger partial charge in [-0.3, -0.25) is 4.79 Å². The Morgan fingerprint density at radius 3 is 2.46 bits per heavy atom. The fourth-order valence-electron chi connectivity index (χ4n) is 2.74. The molecule has 0 N–H and O–H groups in total. The number of amides is 1. The van der Waals surface area contributed by atoms with Crippen LogP contribution in [0.4, 0.5) is 4.39 Å². The molecule has 0 radical (unpaired) electrons. The zero-order valence-corrected chi connectivity index (χ0v) is 15.9. The summed E-state index contributed by atoms with van der Waals surface area (Å²) in [6, 6.07) is 9.52. The van der Waals surface area contributed by atoms with Crippen LogP contribution in [0.15, 0.2) is 42.5 Å². The normalized spacial score (nSPS) is 19.5. The minimum Gasteiger partial charge on any atom is -0.467 e. The molecule has 1 aliphatic rings. The van der Waals surface area contributed by atoms with E-state index in [2.05, 4.69) is 0 Å². The Morgan fingerprint density at radius 2 is 1.85 bits per heavy atom. The van der Waals surface area contributed by atoms with Gasteiger partial charge in [-0.05, 0) is 42.0 Å². The number of benzene rings is 2. The maximum Gasteiger partial charge on any atom is 0.329 e. The van der Waals surface area contributed by atoms with Crippen molar-refractivity contribution < 1.29 is 18.7 Å². The average Bonchev–Trinajstić information content (AvgIpc) is 3.08. The van der Waals surface area contributed by atoms with E-state index in [0.29, 0.717) is 15.8 Å². The van der Waals surface area contributed by atoms with Gasteiger partial charge < -0.3 is 9.64 Å². The van der Waals surface area contributed by atoms with Crippen LogP contribution in [0.25, 0.3) is 0 Å². The van der Waals surface area contributed by atoms with Gasteiger partial charge in [-0.2, -0.15) is 0 Å². The van der Waals surface area contributed by atoms with Gasteiger partial charge in [0, 0.05) is 11.3 Å². The highest BCUT2D eigenvalue weighted by Gasteiger charge is 2.43. The van der Waals surface area contributed by atoms with Crippen LogP contribution in [0.1, 0.15) is 21.3 Å². The summed E-state index contributed by atoms with van der Waals surface area (Å²) in [5.41, 5.74) is 1.03. The summed E-state index contributed by atoms with van der Waals surface area (Å²) in [6.45, 7) is 0. The van der Waals surface area contributed by atoms with Gasteiger partial charge in [0.1, 0.15) is 17.2 Å². The highest BCUT2D eigenvalue weighted by molar-refractivity contribution is 7.99. The van der Waals surface area contributed by atoms with Gasteiger partial charge in [0.2, 0.25) is 0 Å². The maximum absolute atomic E-state index is 13.2. The van der Waals surface area contributed by atoms with Crippen LogP contribution in [-0.4, -0.2) is 35.7 Å². The monoisotopic (exact) mass is 413 g/mol. The van der Waals surface area contributed by atoms with Crippen LogP contribution in [0, 0.1) is 5.82 Å². The summed E-state index contributed by atoms with van der Waals surface area (Å²) >= 11 is 13.5. The Bertz CT molecular complexity index is 847. The SMILES string of the molecule is COC(=O)C1CSC(c2ccc(Cl)c(Cl)c2)N1C(=O)c1ccc(F)cc1. The molecule has 3 rings (SSSR count). The maximum atomic E-state index is 13.2. The first-order valence-corrected chi connectivity index (χ1v) is 9.45. The first-order valence-electron chi connectivity index (χ1n) is 7.65. The van der Waals surface area contributed by atoms with Crippen molar-refractivity contribution in [1.29, 1.82) is 0 Å². The third kappa shape index (κ3) is 3.68. The van der Waals surface area contributed by atoms with Crippen LogP contribution in [-0.2, 0) is 9.53 Å². The van der Waals surface area contributed by atoms with Crippen LogP contribution in [0.3, 0.4) is 0 Å². The van der Waals surface area contributed by atoms with Gasteiger partial charge >= 0.3 is 5.97 Å². The molecule has 1 amide bonds. The molecule has 4 nitrogen and oxygen atoms in total. The van der Waals surface area contributed by atoms with Crippen LogP contribution >= 0.6 is 35.0 Å². The number of halogens is 3. The lowest BCUT2D eigenvalue weighted by Gasteiger charge is -2.28. The Kier molecular flexibility index (Phi) is 5.75. The second-order valence-corrected chi connectivity index (χ2v) is 7.55. The minimum atomic E-state index is -0.748. The molecule has 0 bridgehead atoms. The van der Waals surface area contributed by atoms with E-state index in [0.717, 1.165) is 5.56 Å². The largest absolute Gasteiger partial charge is 0.467 e. The predicted octanol–water partition coefficient (Wildman–Crippen LogP) is 4.56. The molecule has 2 aromatic rings. The van der Waals surface area contributed by atoms with E-state index in [-0.39, 0.29) is 11.5 Å². The fraction of sp³-hybridized carbons (Fsp3) is 0.222. The highest BCUT2D eigenvalue weighted by Crippen LogP contribution is 2.43. The minimum absolute atomic E-state index is 0.285. The van der Waals surface area contributed by atoms with Crippen molar-refractivity contribution in [3.8, 4) is 0 Å². The van der Waals surface area contributed by atoms with Gasteiger partial charge in [0.05, 0.1) is 17.2 Å². The molecular formula is C18H14Cl2FNO3S. The lowest BCUT2D eigenvalue weighted by atomic mass is 10.1. The van der Waals surface area contributed by atoms with Crippen LogP contribution in [0.5, 0.6) is 0 Å². The third-order valence-corrected chi connectivity index (χ3v) is 6.09. The van der Waals surface area contributed by atoms with Crippen molar-refractivity contribution in [2.75, 3.05) is 12.9 Å². The van der Waals surface area contributed by atoms with Crippen molar-refractivity contribution >= 4 is 46.8 Å². The molecule has 0 spiro atoms. The smallest absolute Gasteiger partial charge is 0.329 e. The van der Waals surface area contributed by atoms with Crippen molar-refractivity contribution in [2.45, 2.75) is 11.4 Å². The predicted molar refractivity (Wildman–Crippen MR) is 100 cm³/mol. The number of ether oxygens (including phenoxy) is 1. The number of methoxy groups -OCH3 is 1. The van der Waals surface area contributed by atoms with E-state index in [1.165, 1.54) is 48.0 Å². The molecule has 2 unspecified atom stereocenters. The van der Waals surface area contributed by atoms with E-state index in [4.69, 9.17) is 27.9 Å². The molecule has 136 valence electrons. The summed E-state index contributed by atoms with van der Waals surface area (Å²) in [5.74, 6) is -0.954. The van der Waals surface area contributed by atoms with E-state index < -0.39 is 23.2 Å². The van der Waals surface area contributed by atoms with Gasteiger partial charge in [0.15, 0.2) is 0 Å². The van der Waals surface area contributed by atoms with Crippen molar-refractivity contribution in [2.24, 2.45) is 0 Å². The average molecular weight is 414 g/mol. The number of hydrogen-bond donors (Lipinski definition) is 0. The second kappa shape index (κ2) is 7.86. The summed E-state index contributed by atoms with van der Waals surface area (Å²) in [5, 5.41) is 0.325. The Hall–Kier alpha value is -1.76. The molecule has 1 heterocycles. The second-order valence-electron chi connectivity index (χ2n) is 5.62. The third-order valence-electron chi connectivity index (χ3n) is 4.03. The van der Waals surface area contributed by atoms with Gasteiger partial charge in [-0.1, -0.05) is 29.3 Å². The Labute approximate surface area is 164 Å². The van der Waals surface area contributed by atoms with Gasteiger partial charge in [-0.15, -0.1) is 11.8 Å². The molecule has 1 fully saturated rings. The van der Waals surface area contributed by atoms with E-state index >= 15 is 0 Å². The standard InChI is InChI=1S/C18H14Cl2FNO3S/c1-25-18(24)15-9-26-17(11-4-7-13(19)14(20)8-11)22(15)16(23)10-2-5-12(21)6-3-10/h2-8,15,17H,9H2,1H3. The molecule has 26 heavy (non-hydrogen) atoms. The van der Waals surface area contributed by atoms with Gasteiger partial charge in [0.25, 0.3) is 5.91 Å². The number of carbonyl (C=O) groups is 2. The number of hydrogen-bond acceptors (Lipinski definition) is 4. The molecule has 0 aliphatic carbocycles. The number of esters is 1. The molecule has 2 atom stereocenters. The summed E-state index contributed by atoms with van der Waals surface area (Å²) in [6.07, 6.45) is 0. The van der Waals surface area contributed by atoms with Gasteiger partial charge in [-0.25, -0.2) is 9.18 Å². The molecule has 2 aromatic carbocycles. The molecular weight excluding hydrogens is 400 g/mol. The van der Waals surface area contributed by atoms with E-state index in [9.17, 15) is 14.0 Å². The molecule has 0 aromatic heterocycles. The fourth-order valence-corrected chi connectivity index (χ4v) is 4.45. The molecule has 1 saturated heterocycles. The topological polar surface area (TPSA) is 46.6 Å². The van der Waals surface area contributed by atoms with Crippen molar-refractivity contribution in [3.63, 3.8) is 0 Å². The number of nitrogens with zero attached hydrogens (tertiary/aromatic N) is 1. The van der Waals surface area contributed by atoms with Crippen molar-refractivity contribution in [1.82, 2.24) is 4.90 Å². The molecule has 8 heteroatoms. The first kappa shape index (κ1) is 19.0. The Balaban J connectivity index is 2.00. The quantitative estimate of drug-likeness (QED) is 0.691. The molecule has 1 aliphatic heterocycles. The number of carbonyl (C=O) groups excluding carboxylic acids is 2. The van der Waals surface area contributed by atoms with Crippen LogP contribution in [0.2, 0.25) is 10.0 Å². The summed E-state index contributed by atoms with van der Waals surface area (Å²) in [4.78, 5) is 26.7. The van der Waals surface area contributed by atoms with Crippen LogP contribution < -0.4 is 0 Å². The highest BCUT2D eigenvalue weighted by atomic mass is 35.5. The number of thioether (sulfide) groups is 1. The summed E-state index contributed by atoms with van der Waals surface area (Å²) < 4.78 is 18.0. The Morgan fingerprint density at radius 1 is 1.15 bits per heavy atom. The lowest BCUT2D eigenvalue weighted by Crippen LogP contribution is -2.43. The first-order chi connectivity index (χ1) is 12.4. The molecule has 0 saturated carbocycles. The zero-order chi connectivity index (χ0) is 18.8. The zero-order valence-electron chi connectivity index (χ0n) is 13.6. The van der Waals surface area contributed by atoms with Crippen molar-refractivity contribution in [3.05, 3.63) is 69.5 Å². The van der Waals surface area contributed by atoms with E-state index in [1.54, 1.807) is 18.2 Å². The lowest BCUT2D eigenvalue weighted by molar-refractivity contribution is -0.145. The number of rotatable bonds is 3.